The summed E-state index contributed by atoms with van der Waals surface area (Å²) in [7, 11) is 0. The molecule has 3 rings (SSSR count). The maximum absolute atomic E-state index is 14.4. The smallest absolute Gasteiger partial charge is 0.316 e. The van der Waals surface area contributed by atoms with E-state index in [9.17, 15) is 18.4 Å². The van der Waals surface area contributed by atoms with E-state index in [4.69, 9.17) is 9.84 Å². The van der Waals surface area contributed by atoms with Crippen molar-refractivity contribution in [3.63, 3.8) is 0 Å². The Morgan fingerprint density at radius 3 is 2.90 bits per heavy atom. The number of amides is 1. The number of halogens is 2. The molecule has 2 atom stereocenters. The Hall–Kier alpha value is -2.18. The van der Waals surface area contributed by atoms with Crippen molar-refractivity contribution in [2.24, 2.45) is 5.92 Å². The molecule has 1 fully saturated rings. The molecule has 0 unspecified atom stereocenters. The van der Waals surface area contributed by atoms with Crippen molar-refractivity contribution < 1.29 is 28.2 Å². The lowest BCUT2D eigenvalue weighted by molar-refractivity contribution is -0.145. The van der Waals surface area contributed by atoms with Gasteiger partial charge in [-0.1, -0.05) is 0 Å². The molecule has 1 saturated heterocycles. The first kappa shape index (κ1) is 12.8. The van der Waals surface area contributed by atoms with Crippen LogP contribution < -0.4 is 10.1 Å². The zero-order valence-electron chi connectivity index (χ0n) is 10.3. The fourth-order valence-corrected chi connectivity index (χ4v) is 2.79. The molecule has 1 aromatic carbocycles. The molecule has 0 aromatic heterocycles. The zero-order chi connectivity index (χ0) is 14.4. The van der Waals surface area contributed by atoms with Gasteiger partial charge in [0.2, 0.25) is 5.91 Å². The van der Waals surface area contributed by atoms with Crippen LogP contribution in [0, 0.1) is 17.6 Å². The van der Waals surface area contributed by atoms with Gasteiger partial charge in [0.1, 0.15) is 23.3 Å². The van der Waals surface area contributed by atoms with Gasteiger partial charge in [-0.2, -0.15) is 0 Å². The van der Waals surface area contributed by atoms with Gasteiger partial charge in [-0.05, 0) is 0 Å². The lowest BCUT2D eigenvalue weighted by Gasteiger charge is -2.16. The Balaban J connectivity index is 2.11. The number of hydrogen-bond acceptors (Lipinski definition) is 3. The first-order valence-corrected chi connectivity index (χ1v) is 6.14. The maximum Gasteiger partial charge on any atom is 0.316 e. The standard InChI is InChI=1S/C13H11F2NO4/c14-7-3-8-5(1-2-20-8)11(15)9(7)6-4-16-12(17)10(6)13(18)19/h3,6,10H,1-2,4H2,(H,16,17)(H,18,19)/t6-,10-/m1/s1. The Morgan fingerprint density at radius 2 is 2.20 bits per heavy atom. The van der Waals surface area contributed by atoms with Gasteiger partial charge in [-0.25, -0.2) is 8.78 Å². The second kappa shape index (κ2) is 4.43. The Morgan fingerprint density at radius 1 is 1.45 bits per heavy atom. The molecule has 1 aromatic rings. The maximum atomic E-state index is 14.4. The van der Waals surface area contributed by atoms with Crippen LogP contribution in [0.1, 0.15) is 17.0 Å². The minimum Gasteiger partial charge on any atom is -0.493 e. The first-order chi connectivity index (χ1) is 9.50. The number of carbonyl (C=O) groups is 2. The van der Waals surface area contributed by atoms with Gasteiger partial charge in [0.25, 0.3) is 0 Å². The van der Waals surface area contributed by atoms with E-state index in [2.05, 4.69) is 5.32 Å². The predicted molar refractivity (Wildman–Crippen MR) is 62.4 cm³/mol. The van der Waals surface area contributed by atoms with Crippen LogP contribution in [-0.2, 0) is 16.0 Å². The Bertz CT molecular complexity index is 617. The molecule has 2 heterocycles. The number of aliphatic carboxylic acids is 1. The third kappa shape index (κ3) is 1.73. The third-order valence-electron chi connectivity index (χ3n) is 3.74. The molecule has 2 N–H and O–H groups in total. The summed E-state index contributed by atoms with van der Waals surface area (Å²) in [5.74, 6) is -6.17. The summed E-state index contributed by atoms with van der Waals surface area (Å²) in [4.78, 5) is 22.6. The highest BCUT2D eigenvalue weighted by Gasteiger charge is 2.44. The van der Waals surface area contributed by atoms with Crippen LogP contribution in [-0.4, -0.2) is 30.1 Å². The van der Waals surface area contributed by atoms with Crippen molar-refractivity contribution in [1.82, 2.24) is 5.32 Å². The molecule has 1 amide bonds. The molecule has 2 aliphatic heterocycles. The number of nitrogens with one attached hydrogen (secondary N) is 1. The van der Waals surface area contributed by atoms with Crippen LogP contribution in [0.3, 0.4) is 0 Å². The molecule has 0 radical (unpaired) electrons. The second-order valence-electron chi connectivity index (χ2n) is 4.83. The van der Waals surface area contributed by atoms with Crippen molar-refractivity contribution in [2.45, 2.75) is 12.3 Å². The highest BCUT2D eigenvalue weighted by Crippen LogP contribution is 2.38. The lowest BCUT2D eigenvalue weighted by Crippen LogP contribution is -2.27. The number of carboxylic acids is 1. The topological polar surface area (TPSA) is 75.6 Å². The van der Waals surface area contributed by atoms with Crippen molar-refractivity contribution in [1.29, 1.82) is 0 Å². The van der Waals surface area contributed by atoms with Gasteiger partial charge in [-0.3, -0.25) is 9.59 Å². The highest BCUT2D eigenvalue weighted by molar-refractivity contribution is 5.99. The summed E-state index contributed by atoms with van der Waals surface area (Å²) in [6.07, 6.45) is 0.306. The molecule has 5 nitrogen and oxygen atoms in total. The fourth-order valence-electron chi connectivity index (χ4n) is 2.79. The number of ether oxygens (including phenoxy) is 1. The summed E-state index contributed by atoms with van der Waals surface area (Å²) in [6, 6.07) is 1.06. The number of benzene rings is 1. The van der Waals surface area contributed by atoms with E-state index in [-0.39, 0.29) is 30.0 Å². The van der Waals surface area contributed by atoms with E-state index in [1.165, 1.54) is 0 Å². The van der Waals surface area contributed by atoms with Crippen LogP contribution in [0.2, 0.25) is 0 Å². The summed E-state index contributed by atoms with van der Waals surface area (Å²) in [5, 5.41) is 11.4. The van der Waals surface area contributed by atoms with E-state index in [1.807, 2.05) is 0 Å². The zero-order valence-corrected chi connectivity index (χ0v) is 10.3. The van der Waals surface area contributed by atoms with E-state index >= 15 is 0 Å². The molecule has 0 saturated carbocycles. The third-order valence-corrected chi connectivity index (χ3v) is 3.74. The van der Waals surface area contributed by atoms with Crippen LogP contribution in [0.25, 0.3) is 0 Å². The molecule has 0 bridgehead atoms. The quantitative estimate of drug-likeness (QED) is 0.788. The van der Waals surface area contributed by atoms with Crippen LogP contribution in [0.5, 0.6) is 5.75 Å². The van der Waals surface area contributed by atoms with Gasteiger partial charge >= 0.3 is 5.97 Å². The number of rotatable bonds is 2. The van der Waals surface area contributed by atoms with Gasteiger partial charge < -0.3 is 15.2 Å². The van der Waals surface area contributed by atoms with Crippen LogP contribution in [0.4, 0.5) is 8.78 Å². The summed E-state index contributed by atoms with van der Waals surface area (Å²) < 4.78 is 33.6. The van der Waals surface area contributed by atoms with Crippen LogP contribution in [0.15, 0.2) is 6.07 Å². The van der Waals surface area contributed by atoms with Crippen molar-refractivity contribution in [3.05, 3.63) is 28.8 Å². The highest BCUT2D eigenvalue weighted by atomic mass is 19.1. The van der Waals surface area contributed by atoms with Gasteiger partial charge in [-0.15, -0.1) is 0 Å². The minimum atomic E-state index is -1.47. The Kier molecular flexibility index (Phi) is 2.84. The molecule has 0 aliphatic carbocycles. The molecule has 0 spiro atoms. The molecular formula is C13H11F2NO4. The van der Waals surface area contributed by atoms with E-state index < -0.39 is 35.3 Å². The van der Waals surface area contributed by atoms with E-state index in [0.717, 1.165) is 6.07 Å². The number of carbonyl (C=O) groups excluding carboxylic acids is 1. The van der Waals surface area contributed by atoms with E-state index in [0.29, 0.717) is 6.42 Å². The number of hydrogen-bond donors (Lipinski definition) is 2. The number of carboxylic acid groups (broad SMARTS) is 1. The average Bonchev–Trinajstić information content (AvgIpc) is 2.96. The summed E-state index contributed by atoms with van der Waals surface area (Å²) in [6.45, 7) is 0.169. The van der Waals surface area contributed by atoms with Crippen LogP contribution >= 0.6 is 0 Å². The Labute approximate surface area is 112 Å². The second-order valence-corrected chi connectivity index (χ2v) is 4.83. The first-order valence-electron chi connectivity index (χ1n) is 6.14. The van der Waals surface area contributed by atoms with Gasteiger partial charge in [0.15, 0.2) is 0 Å². The van der Waals surface area contributed by atoms with Crippen molar-refractivity contribution >= 4 is 11.9 Å². The van der Waals surface area contributed by atoms with E-state index in [1.54, 1.807) is 0 Å². The molecule has 106 valence electrons. The lowest BCUT2D eigenvalue weighted by atomic mass is 9.86. The molecular weight excluding hydrogens is 272 g/mol. The minimum absolute atomic E-state index is 0.0940. The normalized spacial score (nSPS) is 24.2. The largest absolute Gasteiger partial charge is 0.493 e. The summed E-state index contributed by atoms with van der Waals surface area (Å²) >= 11 is 0. The van der Waals surface area contributed by atoms with Gasteiger partial charge in [0, 0.05) is 36.1 Å². The molecule has 2 aliphatic rings. The fraction of sp³-hybridized carbons (Fsp3) is 0.385. The predicted octanol–water partition coefficient (Wildman–Crippen LogP) is 0.814. The average molecular weight is 283 g/mol. The van der Waals surface area contributed by atoms with Crippen molar-refractivity contribution in [3.8, 4) is 5.75 Å². The molecule has 20 heavy (non-hydrogen) atoms. The SMILES string of the molecule is O=C(O)[C@H]1C(=O)NC[C@@H]1c1c(F)cc2c(c1F)CCO2. The number of fused-ring (bicyclic) bond motifs is 1. The van der Waals surface area contributed by atoms with Crippen molar-refractivity contribution in [2.75, 3.05) is 13.2 Å². The summed E-state index contributed by atoms with van der Waals surface area (Å²) in [5.41, 5.74) is -0.107. The van der Waals surface area contributed by atoms with Gasteiger partial charge in [0.05, 0.1) is 6.61 Å². The monoisotopic (exact) mass is 283 g/mol. The molecule has 7 heteroatoms.